The molecular formula is C14H16BrN5O4S. The zero-order chi connectivity index (χ0) is 18.4. The molecule has 0 saturated carbocycles. The van der Waals surface area contributed by atoms with Gasteiger partial charge in [-0.25, -0.2) is 4.98 Å². The SMILES string of the molecule is CCCNC(=O)CSc1nc(N)c(NC(=O)c2ccc(Br)o2)c(=O)[nH]1. The van der Waals surface area contributed by atoms with Gasteiger partial charge in [-0.2, -0.15) is 0 Å². The maximum absolute atomic E-state index is 12.1. The van der Waals surface area contributed by atoms with E-state index in [4.69, 9.17) is 10.2 Å². The van der Waals surface area contributed by atoms with Crippen LogP contribution in [-0.4, -0.2) is 34.1 Å². The van der Waals surface area contributed by atoms with Crippen molar-refractivity contribution in [3.8, 4) is 0 Å². The standard InChI is InChI=1S/C14H16BrN5O4S/c1-2-5-17-9(21)6-25-14-19-11(16)10(13(23)20-14)18-12(22)7-3-4-8(15)24-7/h3-4H,2,5-6H2,1H3,(H,17,21)(H,18,22)(H3,16,19,20,23). The minimum atomic E-state index is -0.635. The molecule has 0 aliphatic heterocycles. The minimum Gasteiger partial charge on any atom is -0.444 e. The fraction of sp³-hybridized carbons (Fsp3) is 0.286. The van der Waals surface area contributed by atoms with Crippen molar-refractivity contribution in [3.05, 3.63) is 32.9 Å². The van der Waals surface area contributed by atoms with Crippen molar-refractivity contribution < 1.29 is 14.0 Å². The maximum Gasteiger partial charge on any atom is 0.291 e. The van der Waals surface area contributed by atoms with Crippen molar-refractivity contribution in [2.24, 2.45) is 0 Å². The number of halogens is 1. The van der Waals surface area contributed by atoms with Gasteiger partial charge in [-0.3, -0.25) is 19.4 Å². The van der Waals surface area contributed by atoms with Crippen LogP contribution in [0.25, 0.3) is 0 Å². The Morgan fingerprint density at radius 2 is 2.20 bits per heavy atom. The number of rotatable bonds is 7. The normalized spacial score (nSPS) is 10.5. The molecule has 5 N–H and O–H groups in total. The molecule has 0 aromatic carbocycles. The summed E-state index contributed by atoms with van der Waals surface area (Å²) in [5.41, 5.74) is 4.94. The molecule has 0 fully saturated rings. The van der Waals surface area contributed by atoms with Crippen LogP contribution in [-0.2, 0) is 4.79 Å². The fourth-order valence-electron chi connectivity index (χ4n) is 1.72. The molecule has 0 saturated heterocycles. The van der Waals surface area contributed by atoms with E-state index in [-0.39, 0.29) is 34.1 Å². The number of nitrogen functional groups attached to an aromatic ring is 1. The Morgan fingerprint density at radius 3 is 2.80 bits per heavy atom. The molecule has 0 spiro atoms. The first-order valence-corrected chi connectivity index (χ1v) is 9.04. The van der Waals surface area contributed by atoms with Crippen molar-refractivity contribution >= 4 is 51.0 Å². The summed E-state index contributed by atoms with van der Waals surface area (Å²) in [5.74, 6) is -0.858. The summed E-state index contributed by atoms with van der Waals surface area (Å²) in [6.45, 7) is 2.53. The van der Waals surface area contributed by atoms with E-state index in [1.807, 2.05) is 6.92 Å². The Labute approximate surface area is 155 Å². The summed E-state index contributed by atoms with van der Waals surface area (Å²) < 4.78 is 5.48. The van der Waals surface area contributed by atoms with Crippen LogP contribution in [0.1, 0.15) is 23.9 Å². The summed E-state index contributed by atoms with van der Waals surface area (Å²) >= 11 is 4.12. The summed E-state index contributed by atoms with van der Waals surface area (Å²) in [4.78, 5) is 42.1. The van der Waals surface area contributed by atoms with E-state index in [1.54, 1.807) is 6.07 Å². The monoisotopic (exact) mass is 429 g/mol. The molecule has 0 aliphatic rings. The quantitative estimate of drug-likeness (QED) is 0.386. The lowest BCUT2D eigenvalue weighted by atomic mass is 10.4. The number of nitrogens with two attached hydrogens (primary N) is 1. The third-order valence-corrected chi connectivity index (χ3v) is 4.17. The predicted octanol–water partition coefficient (Wildman–Crippen LogP) is 1.58. The molecule has 0 aliphatic carbocycles. The summed E-state index contributed by atoms with van der Waals surface area (Å²) in [6, 6.07) is 2.99. The zero-order valence-corrected chi connectivity index (χ0v) is 15.6. The Kier molecular flexibility index (Phi) is 6.65. The van der Waals surface area contributed by atoms with E-state index in [9.17, 15) is 14.4 Å². The molecule has 0 unspecified atom stereocenters. The second-order valence-corrected chi connectivity index (χ2v) is 6.57. The predicted molar refractivity (Wildman–Crippen MR) is 97.7 cm³/mol. The van der Waals surface area contributed by atoms with Gasteiger partial charge in [0, 0.05) is 6.54 Å². The van der Waals surface area contributed by atoms with Crippen LogP contribution < -0.4 is 21.9 Å². The van der Waals surface area contributed by atoms with Gasteiger partial charge < -0.3 is 20.8 Å². The molecular weight excluding hydrogens is 414 g/mol. The van der Waals surface area contributed by atoms with E-state index in [0.717, 1.165) is 18.2 Å². The number of hydrogen-bond donors (Lipinski definition) is 4. The smallest absolute Gasteiger partial charge is 0.291 e. The van der Waals surface area contributed by atoms with Crippen LogP contribution in [0.3, 0.4) is 0 Å². The number of anilines is 2. The first-order chi connectivity index (χ1) is 11.9. The summed E-state index contributed by atoms with van der Waals surface area (Å²) in [7, 11) is 0. The number of carbonyl (C=O) groups excluding carboxylic acids is 2. The number of carbonyl (C=O) groups is 2. The van der Waals surface area contributed by atoms with Crippen molar-refractivity contribution in [2.45, 2.75) is 18.5 Å². The third-order valence-electron chi connectivity index (χ3n) is 2.87. The van der Waals surface area contributed by atoms with Crippen molar-refractivity contribution in [1.82, 2.24) is 15.3 Å². The number of aromatic amines is 1. The van der Waals surface area contributed by atoms with Gasteiger partial charge in [-0.1, -0.05) is 18.7 Å². The number of H-pyrrole nitrogens is 1. The molecule has 2 aromatic rings. The van der Waals surface area contributed by atoms with Crippen LogP contribution in [0.4, 0.5) is 11.5 Å². The number of nitrogens with zero attached hydrogens (tertiary/aromatic N) is 1. The highest BCUT2D eigenvalue weighted by Crippen LogP contribution is 2.18. The number of hydrogen-bond acceptors (Lipinski definition) is 7. The molecule has 9 nitrogen and oxygen atoms in total. The number of aromatic nitrogens is 2. The van der Waals surface area contributed by atoms with Crippen molar-refractivity contribution in [3.63, 3.8) is 0 Å². The fourth-order valence-corrected chi connectivity index (χ4v) is 2.72. The van der Waals surface area contributed by atoms with Gasteiger partial charge in [-0.15, -0.1) is 0 Å². The molecule has 2 heterocycles. The first-order valence-electron chi connectivity index (χ1n) is 7.26. The number of nitrogens with one attached hydrogen (secondary N) is 3. The molecule has 11 heteroatoms. The third kappa shape index (κ3) is 5.36. The highest BCUT2D eigenvalue weighted by molar-refractivity contribution is 9.10. The van der Waals surface area contributed by atoms with Crippen molar-refractivity contribution in [2.75, 3.05) is 23.3 Å². The lowest BCUT2D eigenvalue weighted by Gasteiger charge is -2.07. The molecule has 0 atom stereocenters. The zero-order valence-electron chi connectivity index (χ0n) is 13.2. The minimum absolute atomic E-state index is 0.0109. The lowest BCUT2D eigenvalue weighted by Crippen LogP contribution is -2.26. The van der Waals surface area contributed by atoms with E-state index < -0.39 is 11.5 Å². The number of thioether (sulfide) groups is 1. The Morgan fingerprint density at radius 1 is 1.44 bits per heavy atom. The van der Waals surface area contributed by atoms with Crippen LogP contribution in [0.5, 0.6) is 0 Å². The van der Waals surface area contributed by atoms with Gasteiger partial charge >= 0.3 is 0 Å². The first kappa shape index (κ1) is 19.1. The van der Waals surface area contributed by atoms with E-state index in [2.05, 4.69) is 36.5 Å². The maximum atomic E-state index is 12.1. The van der Waals surface area contributed by atoms with Crippen LogP contribution in [0.2, 0.25) is 0 Å². The van der Waals surface area contributed by atoms with E-state index in [0.29, 0.717) is 11.2 Å². The average Bonchev–Trinajstić information content (AvgIpc) is 3.00. The molecule has 0 radical (unpaired) electrons. The number of amides is 2. The molecule has 2 aromatic heterocycles. The Hall–Kier alpha value is -2.27. The van der Waals surface area contributed by atoms with Gasteiger partial charge in [0.05, 0.1) is 5.75 Å². The second-order valence-electron chi connectivity index (χ2n) is 4.83. The molecule has 25 heavy (non-hydrogen) atoms. The van der Waals surface area contributed by atoms with Crippen LogP contribution in [0, 0.1) is 0 Å². The summed E-state index contributed by atoms with van der Waals surface area (Å²) in [5, 5.41) is 5.25. The van der Waals surface area contributed by atoms with Crippen LogP contribution in [0.15, 0.2) is 31.2 Å². The van der Waals surface area contributed by atoms with Gasteiger partial charge in [0.1, 0.15) is 0 Å². The molecule has 2 amide bonds. The van der Waals surface area contributed by atoms with Gasteiger partial charge in [0.15, 0.2) is 27.1 Å². The lowest BCUT2D eigenvalue weighted by molar-refractivity contribution is -0.118. The molecule has 0 bridgehead atoms. The van der Waals surface area contributed by atoms with Gasteiger partial charge in [0.25, 0.3) is 11.5 Å². The second kappa shape index (κ2) is 8.72. The highest BCUT2D eigenvalue weighted by Gasteiger charge is 2.16. The molecule has 2 rings (SSSR count). The van der Waals surface area contributed by atoms with Gasteiger partial charge in [-0.05, 0) is 34.5 Å². The van der Waals surface area contributed by atoms with E-state index in [1.165, 1.54) is 6.07 Å². The topological polar surface area (TPSA) is 143 Å². The Balaban J connectivity index is 2.05. The highest BCUT2D eigenvalue weighted by atomic mass is 79.9. The molecule has 134 valence electrons. The van der Waals surface area contributed by atoms with E-state index >= 15 is 0 Å². The van der Waals surface area contributed by atoms with Gasteiger partial charge in [0.2, 0.25) is 5.91 Å². The van der Waals surface area contributed by atoms with Crippen molar-refractivity contribution in [1.29, 1.82) is 0 Å². The largest absolute Gasteiger partial charge is 0.444 e. The summed E-state index contributed by atoms with van der Waals surface area (Å²) in [6.07, 6.45) is 0.832. The average molecular weight is 430 g/mol. The van der Waals surface area contributed by atoms with Crippen LogP contribution >= 0.6 is 27.7 Å². The number of furan rings is 1. The Bertz CT molecular complexity index is 835.